The third kappa shape index (κ3) is 4.38. The van der Waals surface area contributed by atoms with Crippen LogP contribution in [0.15, 0.2) is 60.8 Å². The number of benzene rings is 2. The molecule has 0 bridgehead atoms. The molecule has 0 unspecified atom stereocenters. The van der Waals surface area contributed by atoms with Gasteiger partial charge in [0.15, 0.2) is 0 Å². The van der Waals surface area contributed by atoms with E-state index in [4.69, 9.17) is 5.73 Å². The van der Waals surface area contributed by atoms with Crippen LogP contribution in [0.2, 0.25) is 0 Å². The van der Waals surface area contributed by atoms with Gasteiger partial charge in [0.2, 0.25) is 5.91 Å². The molecule has 0 aliphatic carbocycles. The Balaban J connectivity index is 1.84. The number of aromatic amines is 1. The van der Waals surface area contributed by atoms with Crippen molar-refractivity contribution in [2.75, 3.05) is 20.6 Å². The summed E-state index contributed by atoms with van der Waals surface area (Å²) < 4.78 is 0. The second-order valence-electron chi connectivity index (χ2n) is 7.54. The lowest BCUT2D eigenvalue weighted by molar-refractivity contribution is -0.127. The van der Waals surface area contributed by atoms with Crippen LogP contribution in [-0.2, 0) is 11.2 Å². The number of amides is 1. The quantitative estimate of drug-likeness (QED) is 0.603. The molecule has 142 valence electrons. The summed E-state index contributed by atoms with van der Waals surface area (Å²) in [4.78, 5) is 18.4. The Hall–Kier alpha value is -2.63. The monoisotopic (exact) mass is 364 g/mol. The molecule has 4 N–H and O–H groups in total. The Morgan fingerprint density at radius 3 is 2.52 bits per heavy atom. The largest absolute Gasteiger partial charge is 0.361 e. The second kappa shape index (κ2) is 7.94. The topological polar surface area (TPSA) is 74.1 Å². The van der Waals surface area contributed by atoms with Crippen LogP contribution in [0.3, 0.4) is 0 Å². The number of carbonyl (C=O) groups is 1. The van der Waals surface area contributed by atoms with Gasteiger partial charge in [0.05, 0.1) is 6.04 Å². The molecule has 0 fully saturated rings. The van der Waals surface area contributed by atoms with Crippen molar-refractivity contribution in [2.45, 2.75) is 24.9 Å². The molecule has 3 rings (SSSR count). The maximum atomic E-state index is 13.2. The first kappa shape index (κ1) is 19.1. The van der Waals surface area contributed by atoms with E-state index in [0.29, 0.717) is 13.0 Å². The number of fused-ring (bicyclic) bond motifs is 1. The van der Waals surface area contributed by atoms with Crippen LogP contribution in [0.4, 0.5) is 0 Å². The van der Waals surface area contributed by atoms with E-state index in [2.05, 4.69) is 16.4 Å². The molecular formula is C22H28N4O. The van der Waals surface area contributed by atoms with Crippen molar-refractivity contribution in [3.63, 3.8) is 0 Å². The van der Waals surface area contributed by atoms with Gasteiger partial charge in [-0.3, -0.25) is 4.79 Å². The molecule has 0 radical (unpaired) electrons. The fourth-order valence-corrected chi connectivity index (χ4v) is 3.56. The minimum atomic E-state index is -1.03. The predicted octanol–water partition coefficient (Wildman–Crippen LogP) is 2.85. The lowest BCUT2D eigenvalue weighted by Gasteiger charge is -2.32. The molecule has 0 spiro atoms. The molecule has 1 aromatic heterocycles. The summed E-state index contributed by atoms with van der Waals surface area (Å²) in [6.45, 7) is 2.44. The van der Waals surface area contributed by atoms with Gasteiger partial charge in [0.25, 0.3) is 0 Å². The first-order chi connectivity index (χ1) is 12.9. The number of carbonyl (C=O) groups excluding carboxylic acids is 1. The van der Waals surface area contributed by atoms with Crippen molar-refractivity contribution in [3.05, 3.63) is 71.9 Å². The SMILES string of the molecule is C[C@H](NC(=O)[C@](N)(Cc1c[nH]c2ccccc12)CN(C)C)c1ccccc1. The minimum absolute atomic E-state index is 0.105. The second-order valence-corrected chi connectivity index (χ2v) is 7.54. The lowest BCUT2D eigenvalue weighted by atomic mass is 9.89. The van der Waals surface area contributed by atoms with E-state index in [0.717, 1.165) is 22.0 Å². The number of nitrogens with two attached hydrogens (primary N) is 1. The average Bonchev–Trinajstić information content (AvgIpc) is 3.04. The number of aromatic nitrogens is 1. The van der Waals surface area contributed by atoms with Crippen molar-refractivity contribution < 1.29 is 4.79 Å². The summed E-state index contributed by atoms with van der Waals surface area (Å²) in [5, 5.41) is 4.21. The van der Waals surface area contributed by atoms with Gasteiger partial charge in [-0.15, -0.1) is 0 Å². The molecule has 1 heterocycles. The Kier molecular flexibility index (Phi) is 5.63. The van der Waals surface area contributed by atoms with Crippen molar-refractivity contribution in [3.8, 4) is 0 Å². The standard InChI is InChI=1S/C22H28N4O/c1-16(17-9-5-4-6-10-17)25-21(27)22(23,15-26(2)3)13-18-14-24-20-12-8-7-11-19(18)20/h4-12,14,16,24H,13,15,23H2,1-3H3,(H,25,27)/t16-,22-/m0/s1. The highest BCUT2D eigenvalue weighted by atomic mass is 16.2. The first-order valence-electron chi connectivity index (χ1n) is 9.23. The first-order valence-corrected chi connectivity index (χ1v) is 9.23. The van der Waals surface area contributed by atoms with Crippen LogP contribution in [0, 0.1) is 0 Å². The summed E-state index contributed by atoms with van der Waals surface area (Å²) in [7, 11) is 3.87. The van der Waals surface area contributed by atoms with Crippen LogP contribution < -0.4 is 11.1 Å². The molecule has 3 aromatic rings. The number of hydrogen-bond acceptors (Lipinski definition) is 3. The van der Waals surface area contributed by atoms with Gasteiger partial charge in [-0.1, -0.05) is 48.5 Å². The number of nitrogens with one attached hydrogen (secondary N) is 2. The number of para-hydroxylation sites is 1. The van der Waals surface area contributed by atoms with Gasteiger partial charge in [-0.25, -0.2) is 0 Å². The molecule has 0 saturated carbocycles. The Morgan fingerprint density at radius 2 is 1.81 bits per heavy atom. The van der Waals surface area contributed by atoms with E-state index >= 15 is 0 Å². The third-order valence-corrected chi connectivity index (χ3v) is 4.88. The normalized spacial score (nSPS) is 14.9. The maximum absolute atomic E-state index is 13.2. The highest BCUT2D eigenvalue weighted by Crippen LogP contribution is 2.23. The van der Waals surface area contributed by atoms with Crippen molar-refractivity contribution in [2.24, 2.45) is 5.73 Å². The number of rotatable bonds is 7. The van der Waals surface area contributed by atoms with Crippen LogP contribution in [-0.4, -0.2) is 42.0 Å². The zero-order valence-corrected chi connectivity index (χ0v) is 16.2. The van der Waals surface area contributed by atoms with E-state index in [1.807, 2.05) is 80.6 Å². The molecule has 0 saturated heterocycles. The fraction of sp³-hybridized carbons (Fsp3) is 0.318. The van der Waals surface area contributed by atoms with Gasteiger partial charge in [0.1, 0.15) is 5.54 Å². The molecule has 5 heteroatoms. The number of nitrogens with zero attached hydrogens (tertiary/aromatic N) is 1. The van der Waals surface area contributed by atoms with Gasteiger partial charge < -0.3 is 20.9 Å². The van der Waals surface area contributed by atoms with Gasteiger partial charge >= 0.3 is 0 Å². The molecule has 1 amide bonds. The van der Waals surface area contributed by atoms with Crippen LogP contribution in [0.5, 0.6) is 0 Å². The smallest absolute Gasteiger partial charge is 0.242 e. The predicted molar refractivity (Wildman–Crippen MR) is 110 cm³/mol. The summed E-state index contributed by atoms with van der Waals surface area (Å²) in [5.41, 5.74) is 8.82. The Labute approximate surface area is 160 Å². The molecule has 2 aromatic carbocycles. The van der Waals surface area contributed by atoms with Gasteiger partial charge in [0, 0.05) is 30.1 Å². The Bertz CT molecular complexity index is 903. The minimum Gasteiger partial charge on any atom is -0.361 e. The summed E-state index contributed by atoms with van der Waals surface area (Å²) in [6.07, 6.45) is 2.42. The summed E-state index contributed by atoms with van der Waals surface area (Å²) in [6, 6.07) is 17.9. The number of hydrogen-bond donors (Lipinski definition) is 3. The molecule has 0 aliphatic rings. The highest BCUT2D eigenvalue weighted by molar-refractivity contribution is 5.89. The van der Waals surface area contributed by atoms with Crippen LogP contribution in [0.25, 0.3) is 10.9 Å². The molecule has 27 heavy (non-hydrogen) atoms. The van der Waals surface area contributed by atoms with E-state index in [1.165, 1.54) is 0 Å². The third-order valence-electron chi connectivity index (χ3n) is 4.88. The van der Waals surface area contributed by atoms with Crippen LogP contribution >= 0.6 is 0 Å². The molecular weight excluding hydrogens is 336 g/mol. The lowest BCUT2D eigenvalue weighted by Crippen LogP contribution is -2.61. The van der Waals surface area contributed by atoms with E-state index < -0.39 is 5.54 Å². The average molecular weight is 364 g/mol. The van der Waals surface area contributed by atoms with Crippen molar-refractivity contribution >= 4 is 16.8 Å². The van der Waals surface area contributed by atoms with E-state index in [9.17, 15) is 4.79 Å². The summed E-state index contributed by atoms with van der Waals surface area (Å²) >= 11 is 0. The van der Waals surface area contributed by atoms with Crippen LogP contribution in [0.1, 0.15) is 24.1 Å². The van der Waals surface area contributed by atoms with E-state index in [-0.39, 0.29) is 11.9 Å². The van der Waals surface area contributed by atoms with Crippen molar-refractivity contribution in [1.82, 2.24) is 15.2 Å². The van der Waals surface area contributed by atoms with Gasteiger partial charge in [-0.05, 0) is 38.2 Å². The highest BCUT2D eigenvalue weighted by Gasteiger charge is 2.36. The molecule has 0 aliphatic heterocycles. The van der Waals surface area contributed by atoms with E-state index in [1.54, 1.807) is 0 Å². The fourth-order valence-electron chi connectivity index (χ4n) is 3.56. The van der Waals surface area contributed by atoms with Gasteiger partial charge in [-0.2, -0.15) is 0 Å². The zero-order chi connectivity index (χ0) is 19.4. The zero-order valence-electron chi connectivity index (χ0n) is 16.2. The Morgan fingerprint density at radius 1 is 1.15 bits per heavy atom. The number of H-pyrrole nitrogens is 1. The van der Waals surface area contributed by atoms with Crippen molar-refractivity contribution in [1.29, 1.82) is 0 Å². The summed E-state index contributed by atoms with van der Waals surface area (Å²) in [5.74, 6) is -0.141. The maximum Gasteiger partial charge on any atom is 0.242 e. The molecule has 2 atom stereocenters. The molecule has 5 nitrogen and oxygen atoms in total. The number of likely N-dealkylation sites (N-methyl/N-ethyl adjacent to an activating group) is 1.